The molecule has 0 aliphatic carbocycles. The van der Waals surface area contributed by atoms with Crippen LogP contribution in [-0.4, -0.2) is 45.5 Å². The highest BCUT2D eigenvalue weighted by Crippen LogP contribution is 2.49. The lowest BCUT2D eigenvalue weighted by Crippen LogP contribution is -2.43. The summed E-state index contributed by atoms with van der Waals surface area (Å²) in [4.78, 5) is 23.9. The number of rotatable bonds is 4. The number of halogens is 3. The molecular weight excluding hydrogens is 439 g/mol. The van der Waals surface area contributed by atoms with Gasteiger partial charge in [-0.2, -0.15) is 18.3 Å². The zero-order valence-corrected chi connectivity index (χ0v) is 17.9. The normalized spacial score (nSPS) is 20.0. The maximum atomic E-state index is 13.5. The van der Waals surface area contributed by atoms with E-state index >= 15 is 0 Å². The molecule has 1 amide bonds. The lowest BCUT2D eigenvalue weighted by molar-refractivity contribution is -0.142. The molecule has 8 nitrogen and oxygen atoms in total. The van der Waals surface area contributed by atoms with E-state index < -0.39 is 18.4 Å². The first-order valence-corrected chi connectivity index (χ1v) is 10.3. The average molecular weight is 459 g/mol. The smallest absolute Gasteiger partial charge is 0.408 e. The van der Waals surface area contributed by atoms with Crippen LogP contribution in [0, 0.1) is 6.92 Å². The summed E-state index contributed by atoms with van der Waals surface area (Å²) < 4.78 is 50.6. The number of hydrogen-bond donors (Lipinski definition) is 0. The Hall–Kier alpha value is -3.47. The van der Waals surface area contributed by atoms with E-state index in [1.54, 1.807) is 38.6 Å². The molecule has 2 aliphatic heterocycles. The standard InChI is InChI=1S/C22H20F3N5O3/c1-13-6-17(14-7-16(32-2)10-26-8-14)28-19-18(13)20(31)30(21(19)4-3-5-33-21)15-9-27-29(11-15)12-22(23,24)25/h6-11H,3-5,12H2,1-2H3. The molecule has 0 radical (unpaired) electrons. The van der Waals surface area contributed by atoms with Crippen LogP contribution in [0.15, 0.2) is 36.9 Å². The second-order valence-electron chi connectivity index (χ2n) is 8.05. The Kier molecular flexibility index (Phi) is 4.89. The first kappa shape index (κ1) is 21.4. The number of amides is 1. The van der Waals surface area contributed by atoms with Crippen molar-refractivity contribution >= 4 is 11.6 Å². The zero-order chi connectivity index (χ0) is 23.4. The first-order valence-electron chi connectivity index (χ1n) is 10.3. The minimum atomic E-state index is -4.43. The quantitative estimate of drug-likeness (QED) is 0.590. The van der Waals surface area contributed by atoms with E-state index in [0.717, 1.165) is 4.68 Å². The number of carbonyl (C=O) groups excluding carboxylic acids is 1. The lowest BCUT2D eigenvalue weighted by atomic mass is 9.99. The summed E-state index contributed by atoms with van der Waals surface area (Å²) in [5, 5.41) is 3.81. The van der Waals surface area contributed by atoms with Gasteiger partial charge in [0, 0.05) is 24.4 Å². The van der Waals surface area contributed by atoms with Gasteiger partial charge in [-0.3, -0.25) is 19.4 Å². The third-order valence-corrected chi connectivity index (χ3v) is 5.83. The van der Waals surface area contributed by atoms with Gasteiger partial charge >= 0.3 is 6.18 Å². The number of pyridine rings is 2. The molecule has 1 spiro atoms. The van der Waals surface area contributed by atoms with Crippen LogP contribution in [0.25, 0.3) is 11.3 Å². The Morgan fingerprint density at radius 2 is 2.06 bits per heavy atom. The van der Waals surface area contributed by atoms with Crippen molar-refractivity contribution in [2.75, 3.05) is 18.6 Å². The second kappa shape index (κ2) is 7.55. The van der Waals surface area contributed by atoms with Gasteiger partial charge in [0.25, 0.3) is 5.91 Å². The molecule has 0 N–H and O–H groups in total. The molecule has 3 aromatic rings. The van der Waals surface area contributed by atoms with E-state index in [2.05, 4.69) is 10.1 Å². The van der Waals surface area contributed by atoms with Crippen molar-refractivity contribution in [2.45, 2.75) is 38.2 Å². The predicted molar refractivity (Wildman–Crippen MR) is 111 cm³/mol. The SMILES string of the molecule is COc1cncc(-c2cc(C)c3c(n2)C2(CCCO2)N(c2cnn(CC(F)(F)F)c2)C3=O)c1. The molecule has 1 fully saturated rings. The minimum Gasteiger partial charge on any atom is -0.495 e. The third-order valence-electron chi connectivity index (χ3n) is 5.83. The molecule has 5 heterocycles. The van der Waals surface area contributed by atoms with E-state index in [0.29, 0.717) is 53.3 Å². The maximum absolute atomic E-state index is 13.5. The van der Waals surface area contributed by atoms with Crippen LogP contribution in [0.4, 0.5) is 18.9 Å². The lowest BCUT2D eigenvalue weighted by Gasteiger charge is -2.33. The molecule has 33 heavy (non-hydrogen) atoms. The van der Waals surface area contributed by atoms with Gasteiger partial charge in [0.15, 0.2) is 5.72 Å². The number of hydrogen-bond acceptors (Lipinski definition) is 6. The molecule has 0 saturated carbocycles. The van der Waals surface area contributed by atoms with Crippen LogP contribution >= 0.6 is 0 Å². The van der Waals surface area contributed by atoms with E-state index in [-0.39, 0.29) is 11.6 Å². The van der Waals surface area contributed by atoms with E-state index in [9.17, 15) is 18.0 Å². The van der Waals surface area contributed by atoms with Crippen molar-refractivity contribution in [3.8, 4) is 17.0 Å². The van der Waals surface area contributed by atoms with Crippen LogP contribution in [0.2, 0.25) is 0 Å². The second-order valence-corrected chi connectivity index (χ2v) is 8.05. The number of ether oxygens (including phenoxy) is 2. The Bertz CT molecular complexity index is 1230. The van der Waals surface area contributed by atoms with Gasteiger partial charge in [0.05, 0.1) is 43.1 Å². The first-order chi connectivity index (χ1) is 15.7. The van der Waals surface area contributed by atoms with Crippen molar-refractivity contribution in [3.05, 3.63) is 53.7 Å². The number of carbonyl (C=O) groups is 1. The van der Waals surface area contributed by atoms with Crippen molar-refractivity contribution < 1.29 is 27.4 Å². The molecule has 1 atom stereocenters. The van der Waals surface area contributed by atoms with Crippen molar-refractivity contribution in [3.63, 3.8) is 0 Å². The molecule has 11 heteroatoms. The third kappa shape index (κ3) is 3.52. The number of fused-ring (bicyclic) bond motifs is 2. The maximum Gasteiger partial charge on any atom is 0.408 e. The Morgan fingerprint density at radius 3 is 2.76 bits per heavy atom. The molecule has 3 aromatic heterocycles. The summed E-state index contributed by atoms with van der Waals surface area (Å²) in [5.74, 6) is 0.188. The van der Waals surface area contributed by atoms with E-state index in [1.807, 2.05) is 0 Å². The molecule has 172 valence electrons. The number of aromatic nitrogens is 4. The Labute approximate surface area is 187 Å². The molecule has 1 saturated heterocycles. The molecular formula is C22H20F3N5O3. The molecule has 0 aromatic carbocycles. The van der Waals surface area contributed by atoms with Crippen molar-refractivity contribution in [1.29, 1.82) is 0 Å². The van der Waals surface area contributed by atoms with Crippen LogP contribution in [-0.2, 0) is 17.0 Å². The number of alkyl halides is 3. The monoisotopic (exact) mass is 459 g/mol. The number of anilines is 1. The topological polar surface area (TPSA) is 82.4 Å². The Balaban J connectivity index is 1.62. The molecule has 0 bridgehead atoms. The van der Waals surface area contributed by atoms with E-state index in [4.69, 9.17) is 14.5 Å². The van der Waals surface area contributed by atoms with Gasteiger partial charge in [0.2, 0.25) is 0 Å². The van der Waals surface area contributed by atoms with Gasteiger partial charge in [-0.1, -0.05) is 0 Å². The van der Waals surface area contributed by atoms with Gasteiger partial charge in [-0.05, 0) is 31.0 Å². The largest absolute Gasteiger partial charge is 0.495 e. The molecule has 2 aliphatic rings. The summed E-state index contributed by atoms with van der Waals surface area (Å²) in [7, 11) is 1.54. The van der Waals surface area contributed by atoms with Crippen LogP contribution in [0.1, 0.15) is 34.5 Å². The number of aryl methyl sites for hydroxylation is 1. The molecule has 5 rings (SSSR count). The number of nitrogens with zero attached hydrogens (tertiary/aromatic N) is 5. The average Bonchev–Trinajstić information content (AvgIpc) is 3.47. The van der Waals surface area contributed by atoms with Gasteiger partial charge in [-0.15, -0.1) is 0 Å². The van der Waals surface area contributed by atoms with Crippen molar-refractivity contribution in [2.24, 2.45) is 0 Å². The van der Waals surface area contributed by atoms with E-state index in [1.165, 1.54) is 17.3 Å². The fraction of sp³-hybridized carbons (Fsp3) is 0.364. The fourth-order valence-corrected chi connectivity index (χ4v) is 4.48. The Morgan fingerprint density at radius 1 is 1.24 bits per heavy atom. The predicted octanol–water partition coefficient (Wildman–Crippen LogP) is 3.84. The van der Waals surface area contributed by atoms with Gasteiger partial charge in [0.1, 0.15) is 18.0 Å². The van der Waals surface area contributed by atoms with Crippen LogP contribution < -0.4 is 9.64 Å². The summed E-state index contributed by atoms with van der Waals surface area (Å²) in [6.07, 6.45) is 2.39. The molecule has 1 unspecified atom stereocenters. The summed E-state index contributed by atoms with van der Waals surface area (Å²) in [6, 6.07) is 3.57. The highest BCUT2D eigenvalue weighted by molar-refractivity contribution is 6.12. The summed E-state index contributed by atoms with van der Waals surface area (Å²) >= 11 is 0. The van der Waals surface area contributed by atoms with Gasteiger partial charge in [-0.25, -0.2) is 4.98 Å². The minimum absolute atomic E-state index is 0.230. The highest BCUT2D eigenvalue weighted by Gasteiger charge is 2.56. The van der Waals surface area contributed by atoms with Gasteiger partial charge < -0.3 is 9.47 Å². The van der Waals surface area contributed by atoms with Crippen LogP contribution in [0.5, 0.6) is 5.75 Å². The summed E-state index contributed by atoms with van der Waals surface area (Å²) in [5.41, 5.74) is 1.85. The fourth-order valence-electron chi connectivity index (χ4n) is 4.48. The number of methoxy groups -OCH3 is 1. The van der Waals surface area contributed by atoms with Crippen LogP contribution in [0.3, 0.4) is 0 Å². The van der Waals surface area contributed by atoms with Crippen molar-refractivity contribution in [1.82, 2.24) is 19.7 Å². The highest BCUT2D eigenvalue weighted by atomic mass is 19.4. The summed E-state index contributed by atoms with van der Waals surface area (Å²) in [6.45, 7) is 0.945. The zero-order valence-electron chi connectivity index (χ0n) is 17.9.